The van der Waals surface area contributed by atoms with Gasteiger partial charge in [0, 0.05) is 36.3 Å². The summed E-state index contributed by atoms with van der Waals surface area (Å²) in [6.45, 7) is 1.77. The van der Waals surface area contributed by atoms with Gasteiger partial charge in [0.2, 0.25) is 5.28 Å². The van der Waals surface area contributed by atoms with Gasteiger partial charge in [-0.25, -0.2) is 9.97 Å². The first kappa shape index (κ1) is 15.5. The number of benzene rings is 1. The van der Waals surface area contributed by atoms with Crippen LogP contribution in [0.5, 0.6) is 0 Å². The van der Waals surface area contributed by atoms with E-state index in [1.54, 1.807) is 6.07 Å². The fraction of sp³-hybridized carbons (Fsp3) is 0.312. The molecule has 2 N–H and O–H groups in total. The molecule has 0 aliphatic carbocycles. The monoisotopic (exact) mass is 362 g/mol. The summed E-state index contributed by atoms with van der Waals surface area (Å²) in [6.07, 6.45) is 4.01. The van der Waals surface area contributed by atoms with Crippen molar-refractivity contribution < 1.29 is 0 Å². The fourth-order valence-corrected chi connectivity index (χ4v) is 3.51. The molecule has 124 valence electrons. The zero-order valence-electron chi connectivity index (χ0n) is 12.8. The minimum Gasteiger partial charge on any atom is -0.381 e. The van der Waals surface area contributed by atoms with Gasteiger partial charge in [-0.05, 0) is 42.6 Å². The molecular weight excluding hydrogens is 347 g/mol. The molecular formula is C16H16Cl2N6. The maximum absolute atomic E-state index is 5.99. The summed E-state index contributed by atoms with van der Waals surface area (Å²) in [5, 5.41) is 12.3. The highest BCUT2D eigenvalue weighted by Gasteiger charge is 2.21. The lowest BCUT2D eigenvalue weighted by molar-refractivity contribution is 0.526. The molecule has 8 heteroatoms. The highest BCUT2D eigenvalue weighted by molar-refractivity contribution is 6.32. The Hall–Kier alpha value is -2.05. The number of piperidine rings is 1. The van der Waals surface area contributed by atoms with E-state index in [0.29, 0.717) is 11.2 Å². The Morgan fingerprint density at radius 3 is 3.00 bits per heavy atom. The number of halogens is 2. The summed E-state index contributed by atoms with van der Waals surface area (Å²) < 4.78 is 0. The third-order valence-electron chi connectivity index (χ3n) is 4.21. The van der Waals surface area contributed by atoms with Crippen LogP contribution in [0.15, 0.2) is 30.5 Å². The van der Waals surface area contributed by atoms with Crippen LogP contribution in [0.3, 0.4) is 0 Å². The third kappa shape index (κ3) is 3.25. The molecule has 6 nitrogen and oxygen atoms in total. The Morgan fingerprint density at radius 2 is 2.12 bits per heavy atom. The lowest BCUT2D eigenvalue weighted by Gasteiger charge is -2.34. The van der Waals surface area contributed by atoms with Gasteiger partial charge in [-0.3, -0.25) is 5.10 Å². The van der Waals surface area contributed by atoms with Gasteiger partial charge in [-0.1, -0.05) is 11.6 Å². The zero-order valence-corrected chi connectivity index (χ0v) is 14.3. The average Bonchev–Trinajstić information content (AvgIpc) is 3.02. The lowest BCUT2D eigenvalue weighted by atomic mass is 10.1. The standard InChI is InChI=1S/C16H16Cl2N6/c17-14-7-15(22-16(18)21-14)24-5-1-2-12(9-24)20-11-3-4-13-10(6-11)8-19-23-13/h3-4,6-8,12,20H,1-2,5,9H2,(H,19,23). The highest BCUT2D eigenvalue weighted by atomic mass is 35.5. The van der Waals surface area contributed by atoms with Crippen LogP contribution >= 0.6 is 23.2 Å². The fourth-order valence-electron chi connectivity index (χ4n) is 3.11. The number of anilines is 2. The van der Waals surface area contributed by atoms with Gasteiger partial charge in [0.25, 0.3) is 0 Å². The minimum absolute atomic E-state index is 0.179. The van der Waals surface area contributed by atoms with Gasteiger partial charge in [0.1, 0.15) is 11.0 Å². The number of nitrogens with one attached hydrogen (secondary N) is 2. The van der Waals surface area contributed by atoms with E-state index < -0.39 is 0 Å². The summed E-state index contributed by atoms with van der Waals surface area (Å²) in [5.74, 6) is 0.775. The Kier molecular flexibility index (Phi) is 4.16. The van der Waals surface area contributed by atoms with E-state index in [1.807, 2.05) is 12.3 Å². The molecule has 1 aliphatic rings. The van der Waals surface area contributed by atoms with Crippen LogP contribution in [0.1, 0.15) is 12.8 Å². The minimum atomic E-state index is 0.179. The van der Waals surface area contributed by atoms with Gasteiger partial charge >= 0.3 is 0 Å². The quantitative estimate of drug-likeness (QED) is 0.548. The first-order chi connectivity index (χ1) is 11.7. The summed E-state index contributed by atoms with van der Waals surface area (Å²) in [5.41, 5.74) is 2.13. The first-order valence-electron chi connectivity index (χ1n) is 7.82. The number of nitrogens with zero attached hydrogens (tertiary/aromatic N) is 4. The van der Waals surface area contributed by atoms with Crippen molar-refractivity contribution >= 4 is 45.6 Å². The average molecular weight is 363 g/mol. The van der Waals surface area contributed by atoms with Crippen LogP contribution in [0, 0.1) is 0 Å². The van der Waals surface area contributed by atoms with Crippen molar-refractivity contribution in [1.29, 1.82) is 0 Å². The Bertz CT molecular complexity index is 844. The second kappa shape index (κ2) is 6.45. The molecule has 0 spiro atoms. The Morgan fingerprint density at radius 1 is 1.21 bits per heavy atom. The summed E-state index contributed by atoms with van der Waals surface area (Å²) in [6, 6.07) is 8.30. The molecule has 0 amide bonds. The van der Waals surface area contributed by atoms with E-state index in [-0.39, 0.29) is 5.28 Å². The number of aromatic nitrogens is 4. The molecule has 4 rings (SSSR count). The molecule has 1 atom stereocenters. The molecule has 0 bridgehead atoms. The van der Waals surface area contributed by atoms with E-state index >= 15 is 0 Å². The first-order valence-corrected chi connectivity index (χ1v) is 8.58. The van der Waals surface area contributed by atoms with E-state index in [2.05, 4.69) is 42.5 Å². The molecule has 24 heavy (non-hydrogen) atoms. The Labute approximate surface area is 149 Å². The topological polar surface area (TPSA) is 69.7 Å². The second-order valence-corrected chi connectivity index (χ2v) is 6.64. The van der Waals surface area contributed by atoms with Crippen molar-refractivity contribution in [1.82, 2.24) is 20.2 Å². The molecule has 0 saturated carbocycles. The maximum atomic E-state index is 5.99. The third-order valence-corrected chi connectivity index (χ3v) is 4.57. The van der Waals surface area contributed by atoms with Gasteiger partial charge < -0.3 is 10.2 Å². The van der Waals surface area contributed by atoms with Gasteiger partial charge in [0.15, 0.2) is 0 Å². The van der Waals surface area contributed by atoms with Gasteiger partial charge in [-0.2, -0.15) is 5.10 Å². The molecule has 1 unspecified atom stereocenters. The number of rotatable bonds is 3. The number of H-pyrrole nitrogens is 1. The van der Waals surface area contributed by atoms with Crippen molar-refractivity contribution in [3.63, 3.8) is 0 Å². The lowest BCUT2D eigenvalue weighted by Crippen LogP contribution is -2.42. The van der Waals surface area contributed by atoms with E-state index in [1.165, 1.54) is 0 Å². The van der Waals surface area contributed by atoms with E-state index in [4.69, 9.17) is 23.2 Å². The molecule has 1 aliphatic heterocycles. The second-order valence-electron chi connectivity index (χ2n) is 5.92. The largest absolute Gasteiger partial charge is 0.381 e. The summed E-state index contributed by atoms with van der Waals surface area (Å²) in [7, 11) is 0. The van der Waals surface area contributed by atoms with Crippen LogP contribution in [-0.2, 0) is 0 Å². The maximum Gasteiger partial charge on any atom is 0.225 e. The van der Waals surface area contributed by atoms with E-state index in [0.717, 1.165) is 48.3 Å². The van der Waals surface area contributed by atoms with Crippen LogP contribution in [0.2, 0.25) is 10.4 Å². The number of hydrogen-bond acceptors (Lipinski definition) is 5. The zero-order chi connectivity index (χ0) is 16.5. The predicted octanol–water partition coefficient (Wildman–Crippen LogP) is 3.74. The molecule has 1 aromatic carbocycles. The van der Waals surface area contributed by atoms with Crippen LogP contribution in [0.4, 0.5) is 11.5 Å². The Balaban J connectivity index is 1.49. The molecule has 3 aromatic rings. The van der Waals surface area contributed by atoms with Crippen molar-refractivity contribution in [2.75, 3.05) is 23.3 Å². The number of hydrogen-bond donors (Lipinski definition) is 2. The van der Waals surface area contributed by atoms with Crippen molar-refractivity contribution in [2.45, 2.75) is 18.9 Å². The van der Waals surface area contributed by atoms with Crippen molar-refractivity contribution in [3.05, 3.63) is 40.9 Å². The van der Waals surface area contributed by atoms with Crippen molar-refractivity contribution in [2.24, 2.45) is 0 Å². The summed E-state index contributed by atoms with van der Waals surface area (Å²) in [4.78, 5) is 10.4. The van der Waals surface area contributed by atoms with Gasteiger partial charge in [-0.15, -0.1) is 0 Å². The molecule has 2 aromatic heterocycles. The van der Waals surface area contributed by atoms with Crippen molar-refractivity contribution in [3.8, 4) is 0 Å². The predicted molar refractivity (Wildman–Crippen MR) is 97.0 cm³/mol. The highest BCUT2D eigenvalue weighted by Crippen LogP contribution is 2.24. The molecule has 0 radical (unpaired) electrons. The number of aromatic amines is 1. The molecule has 1 fully saturated rings. The molecule has 1 saturated heterocycles. The normalized spacial score (nSPS) is 18.1. The van der Waals surface area contributed by atoms with Crippen LogP contribution in [0.25, 0.3) is 10.9 Å². The molecule has 3 heterocycles. The van der Waals surface area contributed by atoms with Crippen LogP contribution < -0.4 is 10.2 Å². The summed E-state index contributed by atoms with van der Waals surface area (Å²) >= 11 is 11.9. The van der Waals surface area contributed by atoms with Gasteiger partial charge in [0.05, 0.1) is 11.7 Å². The van der Waals surface area contributed by atoms with Crippen LogP contribution in [-0.4, -0.2) is 39.3 Å². The SMILES string of the molecule is Clc1cc(N2CCCC(Nc3ccc4[nH]ncc4c3)C2)nc(Cl)n1. The van der Waals surface area contributed by atoms with E-state index in [9.17, 15) is 0 Å². The smallest absolute Gasteiger partial charge is 0.225 e. The number of fused-ring (bicyclic) bond motifs is 1.